The molecule has 0 spiro atoms. The number of imidazole rings is 1. The number of nitrogens with one attached hydrogen (secondary N) is 1. The number of hydrogen-bond acceptors (Lipinski definition) is 1. The molecule has 1 heterocycles. The van der Waals surface area contributed by atoms with Crippen LogP contribution in [0.4, 0.5) is 17.3 Å². The molecule has 6 rings (SSSR count). The smallest absolute Gasteiger partial charge is 0.418 e. The Hall–Kier alpha value is -1.53. The van der Waals surface area contributed by atoms with Crippen molar-refractivity contribution >= 4 is 18.3 Å². The number of para-hydroxylation sites is 2. The first-order chi connectivity index (χ1) is 11.3. The molecule has 4 bridgehead atoms. The van der Waals surface area contributed by atoms with Crippen molar-refractivity contribution in [1.29, 1.82) is 0 Å². The standard InChI is InChI=1S/C17H20N2.BF4/c1-2-4-15-14(3-1)18-16(19-15)17-8-11-5-12(9-17)7-13(6-11)10-17;2-1(3,4)5/h1-4,11-13H,5-10H2,(H,18,19);/q;-1. The Balaban J connectivity index is 0.000000260. The molecule has 0 radical (unpaired) electrons. The molecule has 2 aromatic rings. The molecule has 7 heteroatoms. The van der Waals surface area contributed by atoms with Crippen molar-refractivity contribution in [3.05, 3.63) is 30.1 Å². The highest BCUT2D eigenvalue weighted by molar-refractivity contribution is 6.50. The Bertz CT molecular complexity index is 665. The van der Waals surface area contributed by atoms with E-state index in [0.717, 1.165) is 23.3 Å². The van der Waals surface area contributed by atoms with Gasteiger partial charge in [0.05, 0.1) is 11.0 Å². The highest BCUT2D eigenvalue weighted by Gasteiger charge is 2.53. The van der Waals surface area contributed by atoms with Gasteiger partial charge in [-0.05, 0) is 68.4 Å². The first-order valence-corrected chi connectivity index (χ1v) is 8.63. The molecule has 1 aromatic carbocycles. The summed E-state index contributed by atoms with van der Waals surface area (Å²) in [5.41, 5.74) is 2.76. The maximum Gasteiger partial charge on any atom is 0.673 e. The van der Waals surface area contributed by atoms with E-state index in [9.17, 15) is 17.3 Å². The van der Waals surface area contributed by atoms with Crippen LogP contribution in [0.1, 0.15) is 44.3 Å². The van der Waals surface area contributed by atoms with E-state index in [2.05, 4.69) is 29.2 Å². The lowest BCUT2D eigenvalue weighted by Crippen LogP contribution is -2.49. The van der Waals surface area contributed by atoms with Gasteiger partial charge in [0.1, 0.15) is 5.82 Å². The predicted octanol–water partition coefficient (Wildman–Crippen LogP) is 5.33. The number of rotatable bonds is 1. The van der Waals surface area contributed by atoms with Crippen molar-refractivity contribution in [2.24, 2.45) is 17.8 Å². The van der Waals surface area contributed by atoms with Gasteiger partial charge >= 0.3 is 7.25 Å². The second-order valence-corrected chi connectivity index (χ2v) is 7.80. The summed E-state index contributed by atoms with van der Waals surface area (Å²) in [4.78, 5) is 8.59. The normalized spacial score (nSPS) is 34.2. The fourth-order valence-corrected chi connectivity index (χ4v) is 5.60. The molecule has 0 saturated heterocycles. The Morgan fingerprint density at radius 2 is 1.42 bits per heavy atom. The fourth-order valence-electron chi connectivity index (χ4n) is 5.60. The number of H-pyrrole nitrogens is 1. The van der Waals surface area contributed by atoms with Crippen LogP contribution in [0.3, 0.4) is 0 Å². The summed E-state index contributed by atoms with van der Waals surface area (Å²) in [5.74, 6) is 4.26. The first-order valence-electron chi connectivity index (χ1n) is 8.63. The van der Waals surface area contributed by atoms with E-state index in [-0.39, 0.29) is 0 Å². The van der Waals surface area contributed by atoms with Crippen molar-refractivity contribution in [2.45, 2.75) is 43.9 Å². The second kappa shape index (κ2) is 5.50. The van der Waals surface area contributed by atoms with Gasteiger partial charge in [-0.15, -0.1) is 0 Å². The third-order valence-electron chi connectivity index (χ3n) is 5.93. The van der Waals surface area contributed by atoms with Gasteiger partial charge in [-0.1, -0.05) is 12.1 Å². The van der Waals surface area contributed by atoms with Crippen LogP contribution in [0.15, 0.2) is 24.3 Å². The van der Waals surface area contributed by atoms with Crippen LogP contribution in [0.2, 0.25) is 0 Å². The first kappa shape index (κ1) is 16.0. The maximum atomic E-state index is 9.75. The Labute approximate surface area is 138 Å². The fraction of sp³-hybridized carbons (Fsp3) is 0.588. The summed E-state index contributed by atoms with van der Waals surface area (Å²) in [6.07, 6.45) is 8.66. The van der Waals surface area contributed by atoms with Crippen LogP contribution in [0, 0.1) is 17.8 Å². The quantitative estimate of drug-likeness (QED) is 0.552. The van der Waals surface area contributed by atoms with Gasteiger partial charge < -0.3 is 22.2 Å². The van der Waals surface area contributed by atoms with Crippen molar-refractivity contribution in [2.75, 3.05) is 0 Å². The van der Waals surface area contributed by atoms with Crippen LogP contribution in [-0.2, 0) is 5.41 Å². The number of hydrogen-bond donors (Lipinski definition) is 1. The topological polar surface area (TPSA) is 28.7 Å². The monoisotopic (exact) mass is 339 g/mol. The zero-order chi connectivity index (χ0) is 16.9. The van der Waals surface area contributed by atoms with E-state index in [4.69, 9.17) is 4.98 Å². The second-order valence-electron chi connectivity index (χ2n) is 7.80. The van der Waals surface area contributed by atoms with Gasteiger partial charge in [-0.25, -0.2) is 4.98 Å². The maximum absolute atomic E-state index is 9.75. The van der Waals surface area contributed by atoms with Crippen LogP contribution in [0.5, 0.6) is 0 Å². The molecule has 4 fully saturated rings. The lowest BCUT2D eigenvalue weighted by molar-refractivity contribution is -0.00886. The molecule has 130 valence electrons. The van der Waals surface area contributed by atoms with E-state index >= 15 is 0 Å². The van der Waals surface area contributed by atoms with E-state index in [1.165, 1.54) is 49.9 Å². The molecule has 4 aliphatic rings. The highest BCUT2D eigenvalue weighted by atomic mass is 19.5. The van der Waals surface area contributed by atoms with Crippen molar-refractivity contribution in [3.8, 4) is 0 Å². The van der Waals surface area contributed by atoms with E-state index in [0.29, 0.717) is 5.41 Å². The molecule has 4 aliphatic carbocycles. The summed E-state index contributed by atoms with van der Waals surface area (Å²) in [6, 6.07) is 8.48. The minimum absolute atomic E-state index is 0.397. The van der Waals surface area contributed by atoms with Crippen molar-refractivity contribution in [1.82, 2.24) is 9.97 Å². The molecule has 2 nitrogen and oxygen atoms in total. The third-order valence-corrected chi connectivity index (χ3v) is 5.93. The highest BCUT2D eigenvalue weighted by Crippen LogP contribution is 2.60. The summed E-state index contributed by atoms with van der Waals surface area (Å²) in [6.45, 7) is 0. The lowest BCUT2D eigenvalue weighted by atomic mass is 9.49. The molecule has 1 N–H and O–H groups in total. The summed E-state index contributed by atoms with van der Waals surface area (Å²) < 4.78 is 39.0. The molecular formula is C17H20BF4N2-. The lowest BCUT2D eigenvalue weighted by Gasteiger charge is -2.55. The van der Waals surface area contributed by atoms with Gasteiger partial charge in [-0.3, -0.25) is 0 Å². The molecule has 0 unspecified atom stereocenters. The Morgan fingerprint density at radius 1 is 0.917 bits per heavy atom. The molecule has 0 aliphatic heterocycles. The summed E-state index contributed by atoms with van der Waals surface area (Å²) >= 11 is 0. The number of halogens is 4. The predicted molar refractivity (Wildman–Crippen MR) is 86.1 cm³/mol. The zero-order valence-electron chi connectivity index (χ0n) is 13.3. The average Bonchev–Trinajstić information content (AvgIpc) is 2.88. The van der Waals surface area contributed by atoms with Crippen LogP contribution in [0.25, 0.3) is 11.0 Å². The molecule has 1 aromatic heterocycles. The van der Waals surface area contributed by atoms with Gasteiger partial charge in [-0.2, -0.15) is 0 Å². The average molecular weight is 339 g/mol. The minimum atomic E-state index is -6.00. The Kier molecular flexibility index (Phi) is 3.66. The number of aromatic amines is 1. The van der Waals surface area contributed by atoms with Crippen LogP contribution < -0.4 is 0 Å². The molecule has 0 atom stereocenters. The third kappa shape index (κ3) is 3.05. The molecule has 4 saturated carbocycles. The number of fused-ring (bicyclic) bond motifs is 1. The number of nitrogens with zero attached hydrogens (tertiary/aromatic N) is 1. The SMILES string of the molecule is F[B-](F)(F)F.c1ccc2[nH]c(C34CC5CC(CC(C5)C3)C4)nc2c1. The Morgan fingerprint density at radius 3 is 1.92 bits per heavy atom. The van der Waals surface area contributed by atoms with Gasteiger partial charge in [0, 0.05) is 5.41 Å². The largest absolute Gasteiger partial charge is 0.673 e. The number of benzene rings is 1. The van der Waals surface area contributed by atoms with Crippen LogP contribution >= 0.6 is 0 Å². The summed E-state index contributed by atoms with van der Waals surface area (Å²) in [7, 11) is -6.00. The number of aromatic nitrogens is 2. The van der Waals surface area contributed by atoms with Crippen LogP contribution in [-0.4, -0.2) is 17.2 Å². The van der Waals surface area contributed by atoms with Crippen molar-refractivity contribution in [3.63, 3.8) is 0 Å². The van der Waals surface area contributed by atoms with Gasteiger partial charge in [0.25, 0.3) is 0 Å². The van der Waals surface area contributed by atoms with Gasteiger partial charge in [0.2, 0.25) is 0 Å². The molecule has 0 amide bonds. The molecule has 24 heavy (non-hydrogen) atoms. The van der Waals surface area contributed by atoms with E-state index in [1.54, 1.807) is 0 Å². The molecular weight excluding hydrogens is 319 g/mol. The van der Waals surface area contributed by atoms with Crippen molar-refractivity contribution < 1.29 is 17.3 Å². The summed E-state index contributed by atoms with van der Waals surface area (Å²) in [5, 5.41) is 0. The van der Waals surface area contributed by atoms with E-state index in [1.807, 2.05) is 0 Å². The minimum Gasteiger partial charge on any atom is -0.418 e. The van der Waals surface area contributed by atoms with E-state index < -0.39 is 7.25 Å². The van der Waals surface area contributed by atoms with Gasteiger partial charge in [0.15, 0.2) is 0 Å². The zero-order valence-corrected chi connectivity index (χ0v) is 13.3.